The maximum atomic E-state index is 13.2. The molecule has 200 valence electrons. The summed E-state index contributed by atoms with van der Waals surface area (Å²) in [5.41, 5.74) is 4.60. The molecule has 2 heterocycles. The smallest absolute Gasteiger partial charge is 0.414 e. The van der Waals surface area contributed by atoms with Crippen LogP contribution < -0.4 is 9.80 Å². The number of ether oxygens (including phenoxy) is 1. The molecule has 2 atom stereocenters. The zero-order valence-electron chi connectivity index (χ0n) is 23.0. The highest BCUT2D eigenvalue weighted by Gasteiger charge is 2.41. The molecule has 2 amide bonds. The Bertz CT molecular complexity index is 1130. The number of rotatable bonds is 9. The minimum Gasteiger partial charge on any atom is -0.446 e. The molecule has 1 aromatic heterocycles. The van der Waals surface area contributed by atoms with E-state index in [0.29, 0.717) is 13.1 Å². The fourth-order valence-electron chi connectivity index (χ4n) is 5.08. The number of carbonyl (C=O) groups excluding carboxylic acids is 2. The first kappa shape index (κ1) is 26.8. The number of hydrogen-bond donors (Lipinski definition) is 0. The molecule has 2 aromatic rings. The minimum atomic E-state index is -0.377. The van der Waals surface area contributed by atoms with Crippen molar-refractivity contribution in [2.24, 2.45) is 5.92 Å². The second-order valence-electron chi connectivity index (χ2n) is 10.6. The van der Waals surface area contributed by atoms with Crippen molar-refractivity contribution in [3.63, 3.8) is 0 Å². The summed E-state index contributed by atoms with van der Waals surface area (Å²) in [4.78, 5) is 32.1. The van der Waals surface area contributed by atoms with E-state index in [1.165, 1.54) is 0 Å². The van der Waals surface area contributed by atoms with Gasteiger partial charge in [0.2, 0.25) is 5.91 Å². The van der Waals surface area contributed by atoms with Gasteiger partial charge < -0.3 is 19.1 Å². The van der Waals surface area contributed by atoms with Crippen molar-refractivity contribution in [3.05, 3.63) is 53.6 Å². The van der Waals surface area contributed by atoms with Crippen LogP contribution in [0.4, 0.5) is 16.2 Å². The van der Waals surface area contributed by atoms with E-state index in [4.69, 9.17) is 9.26 Å². The predicted molar refractivity (Wildman–Crippen MR) is 145 cm³/mol. The van der Waals surface area contributed by atoms with Crippen molar-refractivity contribution in [1.82, 2.24) is 10.1 Å². The zero-order valence-corrected chi connectivity index (χ0v) is 23.0. The van der Waals surface area contributed by atoms with E-state index in [9.17, 15) is 9.59 Å². The van der Waals surface area contributed by atoms with Crippen LogP contribution in [0.2, 0.25) is 0 Å². The molecule has 1 aromatic carbocycles. The number of hydrogen-bond acceptors (Lipinski definition) is 6. The summed E-state index contributed by atoms with van der Waals surface area (Å²) in [6, 6.07) is 6.05. The Hall–Kier alpha value is -3.29. The summed E-state index contributed by atoms with van der Waals surface area (Å²) in [5, 5.41) is 4.08. The normalized spacial score (nSPS) is 18.0. The van der Waals surface area contributed by atoms with Gasteiger partial charge in [0.25, 0.3) is 0 Å². The van der Waals surface area contributed by atoms with Crippen LogP contribution in [0.25, 0.3) is 0 Å². The molecule has 37 heavy (non-hydrogen) atoms. The fourth-order valence-corrected chi connectivity index (χ4v) is 5.08. The van der Waals surface area contributed by atoms with Gasteiger partial charge in [-0.25, -0.2) is 4.79 Å². The van der Waals surface area contributed by atoms with Gasteiger partial charge in [0.15, 0.2) is 0 Å². The van der Waals surface area contributed by atoms with Gasteiger partial charge in [-0.15, -0.1) is 0 Å². The molecule has 4 rings (SSSR count). The second-order valence-corrected chi connectivity index (χ2v) is 10.6. The molecule has 1 saturated carbocycles. The van der Waals surface area contributed by atoms with Crippen LogP contribution in [0.1, 0.15) is 75.5 Å². The third kappa shape index (κ3) is 5.68. The lowest BCUT2D eigenvalue weighted by Gasteiger charge is -2.41. The van der Waals surface area contributed by atoms with Crippen LogP contribution in [0.3, 0.4) is 0 Å². The third-order valence-corrected chi connectivity index (χ3v) is 7.38. The first-order valence-electron chi connectivity index (χ1n) is 13.4. The van der Waals surface area contributed by atoms with Gasteiger partial charge >= 0.3 is 6.09 Å². The Morgan fingerprint density at radius 3 is 2.57 bits per heavy atom. The van der Waals surface area contributed by atoms with Crippen molar-refractivity contribution >= 4 is 23.4 Å². The number of amides is 2. The standard InChI is InChI=1S/C29H40N4O4/c1-8-22(16-31(9-2)17-25-20(6)30-37-21(25)7)24-12-13-26-27(14-24)32(29(35)36-18(3)4)15-19(5)33(26)28(34)23-10-11-23/h9,12-14,18-19,22-23H,2,8,10-11,15-17H2,1,3-7H3. The summed E-state index contributed by atoms with van der Waals surface area (Å²) in [5.74, 6) is 1.26. The summed E-state index contributed by atoms with van der Waals surface area (Å²) >= 11 is 0. The van der Waals surface area contributed by atoms with Crippen LogP contribution in [0.5, 0.6) is 0 Å². The molecule has 8 heteroatoms. The van der Waals surface area contributed by atoms with Crippen molar-refractivity contribution in [2.75, 3.05) is 22.9 Å². The van der Waals surface area contributed by atoms with Crippen molar-refractivity contribution in [3.8, 4) is 0 Å². The Labute approximate surface area is 220 Å². The molecule has 0 bridgehead atoms. The molecular formula is C29H40N4O4. The largest absolute Gasteiger partial charge is 0.446 e. The predicted octanol–water partition coefficient (Wildman–Crippen LogP) is 5.93. The van der Waals surface area contributed by atoms with Crippen LogP contribution in [-0.2, 0) is 16.1 Å². The molecule has 0 saturated heterocycles. The highest BCUT2D eigenvalue weighted by molar-refractivity contribution is 6.04. The lowest BCUT2D eigenvalue weighted by atomic mass is 9.93. The van der Waals surface area contributed by atoms with E-state index in [1.54, 1.807) is 4.90 Å². The number of nitrogens with zero attached hydrogens (tertiary/aromatic N) is 4. The molecule has 1 fully saturated rings. The van der Waals surface area contributed by atoms with Crippen LogP contribution in [0, 0.1) is 19.8 Å². The Kier molecular flexibility index (Phi) is 7.95. The Morgan fingerprint density at radius 1 is 1.27 bits per heavy atom. The number of anilines is 2. The van der Waals surface area contributed by atoms with E-state index in [2.05, 4.69) is 35.7 Å². The van der Waals surface area contributed by atoms with Gasteiger partial charge in [0.05, 0.1) is 29.2 Å². The maximum Gasteiger partial charge on any atom is 0.414 e. The second kappa shape index (κ2) is 11.0. The Balaban J connectivity index is 1.65. The first-order chi connectivity index (χ1) is 17.6. The molecular weight excluding hydrogens is 468 g/mol. The molecule has 0 radical (unpaired) electrons. The van der Waals surface area contributed by atoms with E-state index >= 15 is 0 Å². The molecule has 2 aliphatic rings. The molecule has 2 unspecified atom stereocenters. The maximum absolute atomic E-state index is 13.2. The minimum absolute atomic E-state index is 0.0954. The van der Waals surface area contributed by atoms with E-state index in [0.717, 1.165) is 59.8 Å². The average Bonchev–Trinajstić information content (AvgIpc) is 3.67. The van der Waals surface area contributed by atoms with Crippen molar-refractivity contribution < 1.29 is 18.8 Å². The zero-order chi connectivity index (χ0) is 26.9. The third-order valence-electron chi connectivity index (χ3n) is 7.38. The molecule has 1 aliphatic carbocycles. The van der Waals surface area contributed by atoms with Gasteiger partial charge in [-0.3, -0.25) is 9.69 Å². The summed E-state index contributed by atoms with van der Waals surface area (Å²) in [6.45, 7) is 17.6. The Morgan fingerprint density at radius 2 is 2.00 bits per heavy atom. The van der Waals surface area contributed by atoms with Gasteiger partial charge in [0, 0.05) is 37.0 Å². The molecule has 8 nitrogen and oxygen atoms in total. The summed E-state index contributed by atoms with van der Waals surface area (Å²) < 4.78 is 10.9. The summed E-state index contributed by atoms with van der Waals surface area (Å²) in [6.07, 6.45) is 4.04. The fraction of sp³-hybridized carbons (Fsp3) is 0.552. The number of carbonyl (C=O) groups is 2. The molecule has 0 N–H and O–H groups in total. The van der Waals surface area contributed by atoms with Crippen LogP contribution in [0.15, 0.2) is 35.5 Å². The monoisotopic (exact) mass is 508 g/mol. The number of benzene rings is 1. The topological polar surface area (TPSA) is 79.1 Å². The highest BCUT2D eigenvalue weighted by atomic mass is 16.6. The van der Waals surface area contributed by atoms with Gasteiger partial charge in [0.1, 0.15) is 5.76 Å². The van der Waals surface area contributed by atoms with Crippen molar-refractivity contribution in [2.45, 2.75) is 85.4 Å². The molecule has 1 aliphatic heterocycles. The van der Waals surface area contributed by atoms with E-state index in [1.807, 2.05) is 51.8 Å². The molecule has 0 spiro atoms. The lowest BCUT2D eigenvalue weighted by molar-refractivity contribution is -0.120. The number of fused-ring (bicyclic) bond motifs is 1. The van der Waals surface area contributed by atoms with Gasteiger partial charge in [-0.1, -0.05) is 24.7 Å². The van der Waals surface area contributed by atoms with Gasteiger partial charge in [-0.2, -0.15) is 0 Å². The quantitative estimate of drug-likeness (QED) is 0.418. The first-order valence-corrected chi connectivity index (χ1v) is 13.4. The van der Waals surface area contributed by atoms with E-state index in [-0.39, 0.29) is 36.0 Å². The highest BCUT2D eigenvalue weighted by Crippen LogP contribution is 2.42. The number of aromatic nitrogens is 1. The SMILES string of the molecule is C=CN(Cc1c(C)noc1C)CC(CC)c1ccc2c(c1)N(C(=O)OC(C)C)CC(C)N2C(=O)C1CC1. The summed E-state index contributed by atoms with van der Waals surface area (Å²) in [7, 11) is 0. The number of aryl methyl sites for hydroxylation is 2. The lowest BCUT2D eigenvalue weighted by Crippen LogP contribution is -2.52. The van der Waals surface area contributed by atoms with Crippen LogP contribution in [-0.4, -0.2) is 47.3 Å². The van der Waals surface area contributed by atoms with Crippen LogP contribution >= 0.6 is 0 Å². The van der Waals surface area contributed by atoms with Crippen molar-refractivity contribution in [1.29, 1.82) is 0 Å². The van der Waals surface area contributed by atoms with Gasteiger partial charge in [-0.05, 0) is 77.8 Å². The average molecular weight is 509 g/mol. The van der Waals surface area contributed by atoms with E-state index < -0.39 is 0 Å².